The number of rotatable bonds is 6. The highest BCUT2D eigenvalue weighted by Gasteiger charge is 2.25. The Bertz CT molecular complexity index is 943. The number of amides is 1. The Morgan fingerprint density at radius 2 is 2.37 bits per heavy atom. The van der Waals surface area contributed by atoms with Crippen LogP contribution in [0, 0.1) is 0 Å². The van der Waals surface area contributed by atoms with Crippen molar-refractivity contribution in [2.24, 2.45) is 0 Å². The summed E-state index contributed by atoms with van der Waals surface area (Å²) in [6, 6.07) is 10.2. The van der Waals surface area contributed by atoms with Gasteiger partial charge in [-0.25, -0.2) is 4.98 Å². The normalized spacial score (nSPS) is 17.1. The number of hydrogen-bond donors (Lipinski definition) is 0. The molecule has 0 radical (unpaired) electrons. The average molecular weight is 417 g/mol. The van der Waals surface area contributed by atoms with E-state index in [1.807, 2.05) is 29.7 Å². The Kier molecular flexibility index (Phi) is 5.92. The number of thiophene rings is 1. The minimum absolute atomic E-state index is 0.0527. The van der Waals surface area contributed by atoms with Crippen LogP contribution in [0.3, 0.4) is 0 Å². The zero-order chi connectivity index (χ0) is 18.6. The fraction of sp³-hybridized carbons (Fsp3) is 0.300. The third kappa shape index (κ3) is 4.43. The van der Waals surface area contributed by atoms with E-state index >= 15 is 0 Å². The zero-order valence-electron chi connectivity index (χ0n) is 15.0. The molecule has 3 aromatic rings. The molecule has 27 heavy (non-hydrogen) atoms. The fourth-order valence-electron chi connectivity index (χ4n) is 3.02. The summed E-state index contributed by atoms with van der Waals surface area (Å²) in [5.41, 5.74) is 0.931. The van der Waals surface area contributed by atoms with Crippen LogP contribution in [-0.2, 0) is 9.53 Å². The van der Waals surface area contributed by atoms with Gasteiger partial charge in [0.15, 0.2) is 5.13 Å². The van der Waals surface area contributed by atoms with E-state index < -0.39 is 0 Å². The van der Waals surface area contributed by atoms with Crippen molar-refractivity contribution in [1.82, 2.24) is 4.98 Å². The molecule has 0 spiro atoms. The lowest BCUT2D eigenvalue weighted by atomic mass is 10.2. The van der Waals surface area contributed by atoms with Crippen LogP contribution in [0.2, 0.25) is 0 Å². The van der Waals surface area contributed by atoms with Gasteiger partial charge in [-0.15, -0.1) is 23.1 Å². The summed E-state index contributed by atoms with van der Waals surface area (Å²) < 4.78 is 6.87. The number of fused-ring (bicyclic) bond motifs is 1. The van der Waals surface area contributed by atoms with Gasteiger partial charge in [0.25, 0.3) is 5.91 Å². The van der Waals surface area contributed by atoms with E-state index in [1.165, 1.54) is 4.90 Å². The van der Waals surface area contributed by atoms with Crippen LogP contribution in [0.25, 0.3) is 16.3 Å². The molecule has 7 heteroatoms. The number of aromatic nitrogens is 1. The molecule has 1 amide bonds. The number of ether oxygens (including phenoxy) is 1. The quantitative estimate of drug-likeness (QED) is 0.404. The van der Waals surface area contributed by atoms with E-state index in [2.05, 4.69) is 18.4 Å². The summed E-state index contributed by atoms with van der Waals surface area (Å²) in [5.74, 6) is -0.0527. The minimum atomic E-state index is -0.0527. The number of carbonyl (C=O) groups is 1. The Balaban J connectivity index is 1.63. The number of thioether (sulfide) groups is 1. The molecule has 0 saturated carbocycles. The highest BCUT2D eigenvalue weighted by Crippen LogP contribution is 2.32. The molecule has 0 aliphatic carbocycles. The van der Waals surface area contributed by atoms with Gasteiger partial charge in [0, 0.05) is 22.5 Å². The fourth-order valence-corrected chi connectivity index (χ4v) is 5.17. The number of thiazole rings is 1. The lowest BCUT2D eigenvalue weighted by molar-refractivity contribution is -0.114. The number of anilines is 1. The van der Waals surface area contributed by atoms with Gasteiger partial charge in [-0.1, -0.05) is 17.4 Å². The third-order valence-electron chi connectivity index (χ3n) is 4.42. The van der Waals surface area contributed by atoms with E-state index in [4.69, 9.17) is 9.72 Å². The summed E-state index contributed by atoms with van der Waals surface area (Å²) in [7, 11) is 0. The second kappa shape index (κ2) is 8.56. The van der Waals surface area contributed by atoms with Crippen LogP contribution in [0.1, 0.15) is 17.7 Å². The maximum Gasteiger partial charge on any atom is 0.252 e. The Morgan fingerprint density at radius 1 is 1.44 bits per heavy atom. The highest BCUT2D eigenvalue weighted by atomic mass is 32.2. The van der Waals surface area contributed by atoms with Crippen LogP contribution in [-0.4, -0.2) is 36.4 Å². The molecule has 140 valence electrons. The Hall–Kier alpha value is -1.67. The monoisotopic (exact) mass is 416 g/mol. The predicted octanol–water partition coefficient (Wildman–Crippen LogP) is 5.31. The summed E-state index contributed by atoms with van der Waals surface area (Å²) in [6.07, 6.45) is 7.69. The van der Waals surface area contributed by atoms with Crippen LogP contribution < -0.4 is 4.90 Å². The first kappa shape index (κ1) is 18.7. The molecule has 4 rings (SSSR count). The van der Waals surface area contributed by atoms with Crippen molar-refractivity contribution in [1.29, 1.82) is 0 Å². The minimum Gasteiger partial charge on any atom is -0.376 e. The zero-order valence-corrected chi connectivity index (χ0v) is 17.4. The molecule has 0 unspecified atom stereocenters. The number of benzene rings is 1. The molecule has 1 aliphatic rings. The van der Waals surface area contributed by atoms with Gasteiger partial charge in [0.1, 0.15) is 0 Å². The van der Waals surface area contributed by atoms with Gasteiger partial charge in [0.2, 0.25) is 0 Å². The topological polar surface area (TPSA) is 42.4 Å². The predicted molar refractivity (Wildman–Crippen MR) is 116 cm³/mol. The smallest absolute Gasteiger partial charge is 0.252 e. The number of hydrogen-bond acceptors (Lipinski definition) is 6. The molecular weight excluding hydrogens is 396 g/mol. The number of nitrogens with zero attached hydrogens (tertiary/aromatic N) is 2. The largest absolute Gasteiger partial charge is 0.376 e. The Morgan fingerprint density at radius 3 is 3.11 bits per heavy atom. The Labute approximate surface area is 170 Å². The molecule has 1 aromatic carbocycles. The van der Waals surface area contributed by atoms with Gasteiger partial charge in [-0.3, -0.25) is 9.69 Å². The van der Waals surface area contributed by atoms with Gasteiger partial charge in [0.05, 0.1) is 22.9 Å². The van der Waals surface area contributed by atoms with Gasteiger partial charge < -0.3 is 4.74 Å². The van der Waals surface area contributed by atoms with Crippen molar-refractivity contribution in [3.8, 4) is 0 Å². The van der Waals surface area contributed by atoms with Crippen molar-refractivity contribution in [2.45, 2.75) is 23.8 Å². The summed E-state index contributed by atoms with van der Waals surface area (Å²) in [5, 5.41) is 2.74. The van der Waals surface area contributed by atoms with Crippen molar-refractivity contribution in [3.05, 3.63) is 46.7 Å². The highest BCUT2D eigenvalue weighted by molar-refractivity contribution is 7.98. The van der Waals surface area contributed by atoms with Crippen LogP contribution >= 0.6 is 34.4 Å². The van der Waals surface area contributed by atoms with E-state index in [0.717, 1.165) is 39.7 Å². The molecule has 2 aromatic heterocycles. The van der Waals surface area contributed by atoms with Crippen LogP contribution in [0.5, 0.6) is 0 Å². The lowest BCUT2D eigenvalue weighted by Crippen LogP contribution is -2.36. The summed E-state index contributed by atoms with van der Waals surface area (Å²) >= 11 is 4.89. The second-order valence-electron chi connectivity index (χ2n) is 6.26. The van der Waals surface area contributed by atoms with E-state index in [-0.39, 0.29) is 12.0 Å². The molecule has 1 aliphatic heterocycles. The average Bonchev–Trinajstić information content (AvgIpc) is 3.45. The summed E-state index contributed by atoms with van der Waals surface area (Å²) in [4.78, 5) is 21.7. The first-order chi connectivity index (χ1) is 13.2. The van der Waals surface area contributed by atoms with Gasteiger partial charge in [-0.05, 0) is 54.8 Å². The van der Waals surface area contributed by atoms with Crippen molar-refractivity contribution in [3.63, 3.8) is 0 Å². The standard InChI is InChI=1S/C20H20N2O2S3/c1-25-16-6-8-17-18(12-16)27-20(21-17)22(13-14-4-2-10-24-14)19(23)9-7-15-5-3-11-26-15/h3,5-9,11-12,14H,2,4,10,13H2,1H3/b9-7+/t14-/m0/s1. The maximum atomic E-state index is 13.0. The van der Waals surface area contributed by atoms with Crippen molar-refractivity contribution in [2.75, 3.05) is 24.3 Å². The first-order valence-electron chi connectivity index (χ1n) is 8.82. The molecule has 1 saturated heterocycles. The SMILES string of the molecule is CSc1ccc2nc(N(C[C@@H]3CCCO3)C(=O)/C=C/c3cccs3)sc2c1. The second-order valence-corrected chi connectivity index (χ2v) is 9.13. The molecule has 0 bridgehead atoms. The van der Waals surface area contributed by atoms with E-state index in [9.17, 15) is 4.79 Å². The van der Waals surface area contributed by atoms with Crippen LogP contribution in [0.15, 0.2) is 46.7 Å². The lowest BCUT2D eigenvalue weighted by Gasteiger charge is -2.21. The molecular formula is C20H20N2O2S3. The van der Waals surface area contributed by atoms with Crippen LogP contribution in [0.4, 0.5) is 5.13 Å². The molecule has 0 N–H and O–H groups in total. The molecule has 4 nitrogen and oxygen atoms in total. The van der Waals surface area contributed by atoms with Gasteiger partial charge >= 0.3 is 0 Å². The molecule has 3 heterocycles. The van der Waals surface area contributed by atoms with Gasteiger partial charge in [-0.2, -0.15) is 0 Å². The number of carbonyl (C=O) groups excluding carboxylic acids is 1. The van der Waals surface area contributed by atoms with E-state index in [0.29, 0.717) is 6.54 Å². The maximum absolute atomic E-state index is 13.0. The van der Waals surface area contributed by atoms with Crippen molar-refractivity contribution < 1.29 is 9.53 Å². The molecule has 1 fully saturated rings. The van der Waals surface area contributed by atoms with E-state index in [1.54, 1.807) is 45.4 Å². The van der Waals surface area contributed by atoms with Crippen molar-refractivity contribution >= 4 is 61.8 Å². The first-order valence-corrected chi connectivity index (χ1v) is 11.7. The third-order valence-corrected chi connectivity index (χ3v) is 7.03. The molecule has 1 atom stereocenters. The summed E-state index contributed by atoms with van der Waals surface area (Å²) in [6.45, 7) is 1.32.